The number of carbonyl (C=O) groups is 1. The molecule has 0 amide bonds. The van der Waals surface area contributed by atoms with Gasteiger partial charge in [0, 0.05) is 17.6 Å². The zero-order valence-corrected chi connectivity index (χ0v) is 19.0. The minimum absolute atomic E-state index is 0.0637. The normalized spacial score (nSPS) is 19.9. The van der Waals surface area contributed by atoms with E-state index in [0.29, 0.717) is 29.7 Å². The number of allylic oxidation sites excluding steroid dienone is 6. The Labute approximate surface area is 180 Å². The second-order valence-electron chi connectivity index (χ2n) is 9.65. The van der Waals surface area contributed by atoms with Crippen molar-refractivity contribution in [1.29, 1.82) is 0 Å². The molecule has 3 rings (SSSR count). The average Bonchev–Trinajstić information content (AvgIpc) is 2.72. The first kappa shape index (κ1) is 22.1. The summed E-state index contributed by atoms with van der Waals surface area (Å²) in [7, 11) is 0. The number of hydrogen-bond acceptors (Lipinski definition) is 3. The van der Waals surface area contributed by atoms with Crippen LogP contribution < -0.4 is 4.74 Å². The Bertz CT molecular complexity index is 1010. The molecule has 2 aliphatic rings. The van der Waals surface area contributed by atoms with Crippen LogP contribution in [0.3, 0.4) is 0 Å². The summed E-state index contributed by atoms with van der Waals surface area (Å²) >= 11 is 0. The minimum Gasteiger partial charge on any atom is -0.423 e. The highest BCUT2D eigenvalue weighted by Gasteiger charge is 2.37. The van der Waals surface area contributed by atoms with Gasteiger partial charge in [0.25, 0.3) is 0 Å². The van der Waals surface area contributed by atoms with E-state index in [9.17, 15) is 9.59 Å². The molecule has 0 radical (unpaired) electrons. The third-order valence-corrected chi connectivity index (χ3v) is 6.63. The molecule has 0 heterocycles. The van der Waals surface area contributed by atoms with Gasteiger partial charge >= 0.3 is 5.97 Å². The molecule has 30 heavy (non-hydrogen) atoms. The second kappa shape index (κ2) is 8.24. The maximum absolute atomic E-state index is 12.9. The smallest absolute Gasteiger partial charge is 0.339 e. The Hall–Kier alpha value is -2.64. The molecule has 0 atom stereocenters. The van der Waals surface area contributed by atoms with Gasteiger partial charge in [0.05, 0.1) is 0 Å². The summed E-state index contributed by atoms with van der Waals surface area (Å²) in [5.74, 6) is 2.20. The third-order valence-electron chi connectivity index (χ3n) is 6.63. The van der Waals surface area contributed by atoms with Crippen LogP contribution in [-0.4, -0.2) is 11.9 Å². The fourth-order valence-electron chi connectivity index (χ4n) is 4.47. The van der Waals surface area contributed by atoms with Gasteiger partial charge in [0.1, 0.15) is 11.7 Å². The monoisotopic (exact) mass is 404 g/mol. The highest BCUT2D eigenvalue weighted by molar-refractivity contribution is 5.91. The standard InChI is InChI=1S/C27H32O3/c1-7-22(20-10-8-19(17-28)9-11-20)18(2)25(29)30-21-12-13-23-24(16-21)27(5,6)15-14-26(23,3)4/h8,10-13,16H,7,9,14-15H2,1-6H3/b22-18+. The van der Waals surface area contributed by atoms with E-state index >= 15 is 0 Å². The number of rotatable bonds is 4. The maximum atomic E-state index is 12.9. The van der Waals surface area contributed by atoms with E-state index in [0.717, 1.165) is 24.0 Å². The van der Waals surface area contributed by atoms with E-state index in [1.807, 2.05) is 44.1 Å². The molecule has 2 aliphatic carbocycles. The summed E-state index contributed by atoms with van der Waals surface area (Å²) in [6.45, 7) is 12.9. The summed E-state index contributed by atoms with van der Waals surface area (Å²) in [6, 6.07) is 6.09. The van der Waals surface area contributed by atoms with Crippen LogP contribution in [-0.2, 0) is 20.4 Å². The lowest BCUT2D eigenvalue weighted by molar-refractivity contribution is -0.130. The summed E-state index contributed by atoms with van der Waals surface area (Å²) < 4.78 is 5.80. The average molecular weight is 405 g/mol. The van der Waals surface area contributed by atoms with Crippen LogP contribution in [0.25, 0.3) is 0 Å². The lowest BCUT2D eigenvalue weighted by Crippen LogP contribution is -2.33. The Kier molecular flexibility index (Phi) is 6.06. The van der Waals surface area contributed by atoms with Crippen LogP contribution in [0, 0.1) is 0 Å². The van der Waals surface area contributed by atoms with Gasteiger partial charge in [-0.2, -0.15) is 0 Å². The first-order chi connectivity index (χ1) is 14.1. The van der Waals surface area contributed by atoms with Crippen LogP contribution in [0.15, 0.2) is 58.7 Å². The van der Waals surface area contributed by atoms with Gasteiger partial charge in [-0.25, -0.2) is 9.59 Å². The molecule has 0 aliphatic heterocycles. The maximum Gasteiger partial charge on any atom is 0.339 e. The van der Waals surface area contributed by atoms with Crippen molar-refractivity contribution in [3.05, 3.63) is 69.8 Å². The van der Waals surface area contributed by atoms with Crippen LogP contribution in [0.4, 0.5) is 0 Å². The molecule has 3 nitrogen and oxygen atoms in total. The van der Waals surface area contributed by atoms with E-state index < -0.39 is 0 Å². The Morgan fingerprint density at radius 3 is 2.30 bits per heavy atom. The number of hydrogen-bond donors (Lipinski definition) is 0. The number of ether oxygens (including phenoxy) is 1. The zero-order valence-electron chi connectivity index (χ0n) is 19.0. The predicted octanol–water partition coefficient (Wildman–Crippen LogP) is 6.31. The molecule has 0 unspecified atom stereocenters. The topological polar surface area (TPSA) is 43.4 Å². The van der Waals surface area contributed by atoms with Gasteiger partial charge in [0.15, 0.2) is 0 Å². The molecule has 0 bridgehead atoms. The largest absolute Gasteiger partial charge is 0.423 e. The van der Waals surface area contributed by atoms with Gasteiger partial charge in [-0.3, -0.25) is 0 Å². The summed E-state index contributed by atoms with van der Waals surface area (Å²) in [5.41, 5.74) is 5.95. The summed E-state index contributed by atoms with van der Waals surface area (Å²) in [5, 5.41) is 0. The first-order valence-corrected chi connectivity index (χ1v) is 10.8. The fourth-order valence-corrected chi connectivity index (χ4v) is 4.47. The summed E-state index contributed by atoms with van der Waals surface area (Å²) in [4.78, 5) is 23.7. The van der Waals surface area contributed by atoms with Crippen molar-refractivity contribution in [3.8, 4) is 5.75 Å². The molecule has 0 saturated heterocycles. The highest BCUT2D eigenvalue weighted by atomic mass is 16.5. The van der Waals surface area contributed by atoms with Crippen LogP contribution >= 0.6 is 0 Å². The van der Waals surface area contributed by atoms with Crippen molar-refractivity contribution in [3.63, 3.8) is 0 Å². The molecule has 0 saturated carbocycles. The first-order valence-electron chi connectivity index (χ1n) is 10.8. The zero-order chi connectivity index (χ0) is 22.1. The van der Waals surface area contributed by atoms with Crippen molar-refractivity contribution < 1.29 is 14.3 Å². The van der Waals surface area contributed by atoms with Crippen molar-refractivity contribution in [1.82, 2.24) is 0 Å². The van der Waals surface area contributed by atoms with E-state index in [1.54, 1.807) is 6.08 Å². The van der Waals surface area contributed by atoms with Crippen molar-refractivity contribution >= 4 is 11.9 Å². The van der Waals surface area contributed by atoms with E-state index in [2.05, 4.69) is 33.8 Å². The molecule has 0 aromatic heterocycles. The number of fused-ring (bicyclic) bond motifs is 1. The van der Waals surface area contributed by atoms with Gasteiger partial charge in [-0.05, 0) is 77.5 Å². The second-order valence-corrected chi connectivity index (χ2v) is 9.65. The predicted molar refractivity (Wildman–Crippen MR) is 121 cm³/mol. The molecule has 158 valence electrons. The van der Waals surface area contributed by atoms with Crippen molar-refractivity contribution in [2.45, 2.75) is 78.1 Å². The lowest BCUT2D eigenvalue weighted by Gasteiger charge is -2.41. The molecular weight excluding hydrogens is 372 g/mol. The van der Waals surface area contributed by atoms with Gasteiger partial charge in [-0.15, -0.1) is 0 Å². The van der Waals surface area contributed by atoms with Gasteiger partial charge in [-0.1, -0.05) is 52.8 Å². The fraction of sp³-hybridized carbons (Fsp3) is 0.444. The molecule has 0 fully saturated rings. The quantitative estimate of drug-likeness (QED) is 0.255. The van der Waals surface area contributed by atoms with E-state index in [-0.39, 0.29) is 16.8 Å². The number of carbonyl (C=O) groups excluding carboxylic acids is 2. The van der Waals surface area contributed by atoms with Crippen molar-refractivity contribution in [2.75, 3.05) is 0 Å². The molecule has 0 spiro atoms. The van der Waals surface area contributed by atoms with Gasteiger partial charge in [0.2, 0.25) is 0 Å². The molecular formula is C27H32O3. The Balaban J connectivity index is 1.89. The van der Waals surface area contributed by atoms with Crippen LogP contribution in [0.2, 0.25) is 0 Å². The van der Waals surface area contributed by atoms with Crippen molar-refractivity contribution in [2.24, 2.45) is 0 Å². The highest BCUT2D eigenvalue weighted by Crippen LogP contribution is 2.46. The van der Waals surface area contributed by atoms with Crippen LogP contribution in [0.1, 0.15) is 78.4 Å². The molecule has 0 N–H and O–H groups in total. The number of benzene rings is 1. The molecule has 1 aromatic rings. The van der Waals surface area contributed by atoms with Crippen LogP contribution in [0.5, 0.6) is 5.75 Å². The summed E-state index contributed by atoms with van der Waals surface area (Å²) in [6.07, 6.45) is 9.13. The van der Waals surface area contributed by atoms with E-state index in [1.165, 1.54) is 11.1 Å². The molecule has 1 aromatic carbocycles. The van der Waals surface area contributed by atoms with E-state index in [4.69, 9.17) is 4.74 Å². The third kappa shape index (κ3) is 4.27. The lowest BCUT2D eigenvalue weighted by atomic mass is 9.63. The Morgan fingerprint density at radius 2 is 1.73 bits per heavy atom. The Morgan fingerprint density at radius 1 is 1.07 bits per heavy atom. The SMILES string of the molecule is CC/C(C1=CCC(=C=O)C=C1)=C(/C)C(=O)Oc1ccc2c(c1)C(C)(C)CCC2(C)C. The minimum atomic E-state index is -0.328. The molecule has 3 heteroatoms. The van der Waals surface area contributed by atoms with Gasteiger partial charge < -0.3 is 4.74 Å². The number of esters is 1.